The maximum Gasteiger partial charge on any atom is 0.345 e. The second-order valence-electron chi connectivity index (χ2n) is 10.5. The van der Waals surface area contributed by atoms with Gasteiger partial charge in [0.2, 0.25) is 5.88 Å². The number of hydrogen-bond donors (Lipinski definition) is 1. The van der Waals surface area contributed by atoms with Gasteiger partial charge >= 0.3 is 12.6 Å². The first-order valence-corrected chi connectivity index (χ1v) is 13.9. The number of carboxylic acids is 1. The van der Waals surface area contributed by atoms with Gasteiger partial charge in [-0.3, -0.25) is 4.90 Å². The van der Waals surface area contributed by atoms with Crippen molar-refractivity contribution in [1.82, 2.24) is 29.4 Å². The fourth-order valence-electron chi connectivity index (χ4n) is 5.13. The van der Waals surface area contributed by atoms with Gasteiger partial charge in [0.25, 0.3) is 5.88 Å². The van der Waals surface area contributed by atoms with E-state index < -0.39 is 30.3 Å². The fourth-order valence-corrected chi connectivity index (χ4v) is 5.13. The Morgan fingerprint density at radius 3 is 2.70 bits per heavy atom. The molecular weight excluding hydrogens is 588 g/mol. The lowest BCUT2D eigenvalue weighted by molar-refractivity contribution is -0.160. The quantitative estimate of drug-likeness (QED) is 0.221. The van der Waals surface area contributed by atoms with Gasteiger partial charge in [0.05, 0.1) is 42.0 Å². The summed E-state index contributed by atoms with van der Waals surface area (Å²) >= 11 is 0. The number of benzene rings is 1. The standard InChI is InChI=1S/C29H30F4N6O5/c1-16-9-20(44-26-5-7-34-24(37-26)15-42-27-21(31)11-19(30)12-35-27)6-8-38(16)14-25-36-22-4-3-18(28(40)41)10-23(22)39(25)13-17(2)43-29(32)33/h3-5,7,10-12,16-17,20,29H,6,8-9,13-15H2,1-2H3,(H,40,41)/t16-,17+,20-/m0/s1. The number of piperidine rings is 1. The molecule has 0 saturated carbocycles. The number of pyridine rings is 1. The Balaban J connectivity index is 1.23. The molecule has 3 atom stereocenters. The summed E-state index contributed by atoms with van der Waals surface area (Å²) in [7, 11) is 0. The number of fused-ring (bicyclic) bond motifs is 1. The van der Waals surface area contributed by atoms with Crippen molar-refractivity contribution >= 4 is 17.0 Å². The third-order valence-electron chi connectivity index (χ3n) is 7.24. The second-order valence-corrected chi connectivity index (χ2v) is 10.5. The van der Waals surface area contributed by atoms with E-state index in [1.54, 1.807) is 16.7 Å². The first-order chi connectivity index (χ1) is 21.0. The lowest BCUT2D eigenvalue weighted by Gasteiger charge is -2.37. The Bertz CT molecular complexity index is 1620. The number of alkyl halides is 2. The molecule has 5 rings (SSSR count). The molecule has 234 valence electrons. The minimum Gasteiger partial charge on any atom is -0.478 e. The smallest absolute Gasteiger partial charge is 0.345 e. The minimum absolute atomic E-state index is 0.0449. The van der Waals surface area contributed by atoms with Gasteiger partial charge in [0.15, 0.2) is 11.6 Å². The zero-order chi connectivity index (χ0) is 31.4. The van der Waals surface area contributed by atoms with Crippen molar-refractivity contribution in [2.24, 2.45) is 0 Å². The average molecular weight is 619 g/mol. The van der Waals surface area contributed by atoms with Crippen LogP contribution in [0.15, 0.2) is 42.7 Å². The molecule has 4 aromatic rings. The molecule has 0 aliphatic carbocycles. The van der Waals surface area contributed by atoms with Crippen LogP contribution in [-0.2, 0) is 24.4 Å². The zero-order valence-corrected chi connectivity index (χ0v) is 23.9. The van der Waals surface area contributed by atoms with E-state index in [4.69, 9.17) is 14.5 Å². The maximum absolute atomic E-state index is 13.8. The van der Waals surface area contributed by atoms with Gasteiger partial charge in [-0.15, -0.1) is 0 Å². The van der Waals surface area contributed by atoms with E-state index >= 15 is 0 Å². The number of aromatic nitrogens is 5. The monoisotopic (exact) mass is 618 g/mol. The van der Waals surface area contributed by atoms with Crippen molar-refractivity contribution in [3.63, 3.8) is 0 Å². The van der Waals surface area contributed by atoms with Gasteiger partial charge in [-0.25, -0.2) is 28.5 Å². The molecule has 44 heavy (non-hydrogen) atoms. The Kier molecular flexibility index (Phi) is 9.54. The zero-order valence-electron chi connectivity index (χ0n) is 23.9. The van der Waals surface area contributed by atoms with Crippen LogP contribution in [0.25, 0.3) is 11.0 Å². The number of rotatable bonds is 12. The molecule has 1 aromatic carbocycles. The van der Waals surface area contributed by atoms with Crippen LogP contribution in [0.2, 0.25) is 0 Å². The van der Waals surface area contributed by atoms with Crippen LogP contribution in [-0.4, -0.2) is 71.9 Å². The molecule has 11 nitrogen and oxygen atoms in total. The number of carbonyl (C=O) groups is 1. The van der Waals surface area contributed by atoms with E-state index in [1.165, 1.54) is 25.3 Å². The van der Waals surface area contributed by atoms with Crippen molar-refractivity contribution < 1.29 is 41.7 Å². The van der Waals surface area contributed by atoms with E-state index in [2.05, 4.69) is 24.6 Å². The molecule has 15 heteroatoms. The number of carboxylic acid groups (broad SMARTS) is 1. The summed E-state index contributed by atoms with van der Waals surface area (Å²) in [4.78, 5) is 30.5. The second kappa shape index (κ2) is 13.5. The molecule has 0 amide bonds. The Hall–Kier alpha value is -4.37. The highest BCUT2D eigenvalue weighted by atomic mass is 19.3. The predicted octanol–water partition coefficient (Wildman–Crippen LogP) is 4.84. The molecule has 0 spiro atoms. The Morgan fingerprint density at radius 1 is 1.16 bits per heavy atom. The summed E-state index contributed by atoms with van der Waals surface area (Å²) in [6.07, 6.45) is 2.63. The number of nitrogens with zero attached hydrogens (tertiary/aromatic N) is 6. The summed E-state index contributed by atoms with van der Waals surface area (Å²) in [5.41, 5.74) is 1.15. The summed E-state index contributed by atoms with van der Waals surface area (Å²) < 4.78 is 70.5. The molecule has 3 aromatic heterocycles. The van der Waals surface area contributed by atoms with Gasteiger partial charge in [-0.05, 0) is 44.9 Å². The maximum atomic E-state index is 13.8. The van der Waals surface area contributed by atoms with Crippen molar-refractivity contribution in [2.75, 3.05) is 6.54 Å². The molecule has 1 aliphatic rings. The molecule has 1 fully saturated rings. The number of likely N-dealkylation sites (tertiary alicyclic amines) is 1. The lowest BCUT2D eigenvalue weighted by Crippen LogP contribution is -2.44. The van der Waals surface area contributed by atoms with Crippen LogP contribution in [0, 0.1) is 11.6 Å². The van der Waals surface area contributed by atoms with Crippen LogP contribution in [0.1, 0.15) is 48.7 Å². The summed E-state index contributed by atoms with van der Waals surface area (Å²) in [6.45, 7) is 1.53. The summed E-state index contributed by atoms with van der Waals surface area (Å²) in [6, 6.07) is 6.87. The third kappa shape index (κ3) is 7.58. The van der Waals surface area contributed by atoms with Gasteiger partial charge in [0, 0.05) is 30.9 Å². The van der Waals surface area contributed by atoms with Crippen LogP contribution >= 0.6 is 0 Å². The van der Waals surface area contributed by atoms with Gasteiger partial charge < -0.3 is 23.9 Å². The van der Waals surface area contributed by atoms with E-state index in [-0.39, 0.29) is 42.6 Å². The first kappa shape index (κ1) is 31.1. The highest BCUT2D eigenvalue weighted by Gasteiger charge is 2.29. The third-order valence-corrected chi connectivity index (χ3v) is 7.24. The molecule has 4 heterocycles. The average Bonchev–Trinajstić information content (AvgIpc) is 3.29. The molecule has 0 radical (unpaired) electrons. The number of hydrogen-bond acceptors (Lipinski definition) is 9. The largest absolute Gasteiger partial charge is 0.478 e. The van der Waals surface area contributed by atoms with Crippen LogP contribution in [0.4, 0.5) is 17.6 Å². The highest BCUT2D eigenvalue weighted by Crippen LogP contribution is 2.26. The van der Waals surface area contributed by atoms with Crippen LogP contribution < -0.4 is 9.47 Å². The number of imidazole rings is 1. The normalized spacial score (nSPS) is 18.1. The van der Waals surface area contributed by atoms with Gasteiger partial charge in [0.1, 0.15) is 24.4 Å². The molecule has 0 unspecified atom stereocenters. The van der Waals surface area contributed by atoms with Crippen molar-refractivity contribution in [1.29, 1.82) is 0 Å². The Labute approximate surface area is 249 Å². The molecule has 0 bridgehead atoms. The van der Waals surface area contributed by atoms with Crippen molar-refractivity contribution in [3.05, 3.63) is 71.6 Å². The van der Waals surface area contributed by atoms with E-state index in [1.807, 2.05) is 6.92 Å². The Morgan fingerprint density at radius 2 is 1.98 bits per heavy atom. The molecule has 1 aliphatic heterocycles. The minimum atomic E-state index is -2.94. The predicted molar refractivity (Wildman–Crippen MR) is 147 cm³/mol. The first-order valence-electron chi connectivity index (χ1n) is 13.9. The van der Waals surface area contributed by atoms with E-state index in [0.717, 1.165) is 6.20 Å². The topological polar surface area (TPSA) is 125 Å². The van der Waals surface area contributed by atoms with Gasteiger partial charge in [-0.1, -0.05) is 0 Å². The lowest BCUT2D eigenvalue weighted by atomic mass is 10.0. The molecular formula is C29H30F4N6O5. The summed E-state index contributed by atoms with van der Waals surface area (Å²) in [5, 5.41) is 9.46. The van der Waals surface area contributed by atoms with Crippen molar-refractivity contribution in [3.8, 4) is 11.8 Å². The summed E-state index contributed by atoms with van der Waals surface area (Å²) in [5.74, 6) is -2.07. The van der Waals surface area contributed by atoms with E-state index in [9.17, 15) is 27.5 Å². The number of aromatic carboxylic acids is 1. The fraction of sp³-hybridized carbons (Fsp3) is 0.414. The number of halogens is 4. The van der Waals surface area contributed by atoms with Gasteiger partial charge in [-0.2, -0.15) is 13.8 Å². The highest BCUT2D eigenvalue weighted by molar-refractivity contribution is 5.92. The molecule has 1 saturated heterocycles. The van der Waals surface area contributed by atoms with E-state index in [0.29, 0.717) is 54.7 Å². The molecule has 1 N–H and O–H groups in total. The van der Waals surface area contributed by atoms with Crippen LogP contribution in [0.5, 0.6) is 11.8 Å². The van der Waals surface area contributed by atoms with Crippen molar-refractivity contribution in [2.45, 2.75) is 71.2 Å². The number of ether oxygens (including phenoxy) is 3. The van der Waals surface area contributed by atoms with Crippen LogP contribution in [0.3, 0.4) is 0 Å². The SMILES string of the molecule is C[C@H](Cn1c(CN2CC[C@H](Oc3ccnc(COc4ncc(F)cc4F)n3)C[C@@H]2C)nc2ccc(C(=O)O)cc21)OC(F)F.